The number of fused-ring (bicyclic) bond motifs is 1. The maximum absolute atomic E-state index is 12.1. The second-order valence-electron chi connectivity index (χ2n) is 4.54. The van der Waals surface area contributed by atoms with Gasteiger partial charge >= 0.3 is 0 Å². The summed E-state index contributed by atoms with van der Waals surface area (Å²) in [6.07, 6.45) is 0.771. The summed E-state index contributed by atoms with van der Waals surface area (Å²) in [6, 6.07) is 7.94. The first-order valence-corrected chi connectivity index (χ1v) is 6.88. The fraction of sp³-hybridized carbons (Fsp3) is 0.214. The number of hydrogen-bond acceptors (Lipinski definition) is 4. The number of carbonyl (C=O) groups is 2. The van der Waals surface area contributed by atoms with Gasteiger partial charge in [-0.15, -0.1) is 11.3 Å². The summed E-state index contributed by atoms with van der Waals surface area (Å²) in [7, 11) is 0. The molecule has 1 aliphatic carbocycles. The molecule has 1 N–H and O–H groups in total. The predicted molar refractivity (Wildman–Crippen MR) is 73.6 cm³/mol. The number of ketones is 1. The van der Waals surface area contributed by atoms with Crippen molar-refractivity contribution in [3.63, 3.8) is 0 Å². The topological polar surface area (TPSA) is 59.1 Å². The first-order chi connectivity index (χ1) is 9.15. The predicted octanol–water partition coefficient (Wildman–Crippen LogP) is 2.62. The van der Waals surface area contributed by atoms with Crippen molar-refractivity contribution in [1.82, 2.24) is 4.98 Å². The molecule has 4 nitrogen and oxygen atoms in total. The number of thiazole rings is 1. The van der Waals surface area contributed by atoms with E-state index in [2.05, 4.69) is 10.3 Å². The molecule has 1 aromatic heterocycles. The maximum Gasteiger partial charge on any atom is 0.234 e. The molecule has 96 valence electrons. The number of benzene rings is 1. The third-order valence-electron chi connectivity index (χ3n) is 3.27. The molecule has 0 spiro atoms. The smallest absolute Gasteiger partial charge is 0.234 e. The van der Waals surface area contributed by atoms with Gasteiger partial charge in [-0.1, -0.05) is 24.3 Å². The van der Waals surface area contributed by atoms with Crippen molar-refractivity contribution >= 4 is 28.2 Å². The number of nitrogens with one attached hydrogen (secondary N) is 1. The van der Waals surface area contributed by atoms with Crippen LogP contribution in [0.25, 0.3) is 0 Å². The number of anilines is 1. The highest BCUT2D eigenvalue weighted by atomic mass is 32.1. The number of carbonyl (C=O) groups excluding carboxylic acids is 2. The normalized spacial score (nSPS) is 16.4. The van der Waals surface area contributed by atoms with E-state index in [9.17, 15) is 9.59 Å². The van der Waals surface area contributed by atoms with E-state index in [1.165, 1.54) is 23.8 Å². The molecule has 5 heteroatoms. The minimum Gasteiger partial charge on any atom is -0.301 e. The van der Waals surface area contributed by atoms with Gasteiger partial charge in [-0.25, -0.2) is 4.98 Å². The van der Waals surface area contributed by atoms with Crippen molar-refractivity contribution in [3.05, 3.63) is 46.5 Å². The Labute approximate surface area is 114 Å². The van der Waals surface area contributed by atoms with Crippen molar-refractivity contribution in [2.75, 3.05) is 5.32 Å². The number of nitrogens with zero attached hydrogens (tertiary/aromatic N) is 1. The van der Waals surface area contributed by atoms with Crippen LogP contribution in [0.4, 0.5) is 5.13 Å². The molecule has 0 saturated heterocycles. The van der Waals surface area contributed by atoms with Crippen LogP contribution in [0.1, 0.15) is 34.5 Å². The van der Waals surface area contributed by atoms with Gasteiger partial charge in [0.25, 0.3) is 0 Å². The third kappa shape index (κ3) is 2.17. The van der Waals surface area contributed by atoms with Crippen LogP contribution >= 0.6 is 11.3 Å². The van der Waals surface area contributed by atoms with Gasteiger partial charge < -0.3 is 5.32 Å². The van der Waals surface area contributed by atoms with E-state index in [0.29, 0.717) is 10.8 Å². The molecule has 0 bridgehead atoms. The Bertz CT molecular complexity index is 663. The Morgan fingerprint density at radius 3 is 2.84 bits per heavy atom. The Balaban J connectivity index is 1.71. The van der Waals surface area contributed by atoms with Gasteiger partial charge in [0.05, 0.1) is 5.92 Å². The Kier molecular flexibility index (Phi) is 2.91. The van der Waals surface area contributed by atoms with Gasteiger partial charge in [-0.2, -0.15) is 0 Å². The van der Waals surface area contributed by atoms with Gasteiger partial charge in [0.15, 0.2) is 10.9 Å². The quantitative estimate of drug-likeness (QED) is 0.874. The average Bonchev–Trinajstić information content (AvgIpc) is 2.79. The lowest BCUT2D eigenvalue weighted by Crippen LogP contribution is -2.30. The van der Waals surface area contributed by atoms with Gasteiger partial charge in [0.2, 0.25) is 5.91 Å². The Morgan fingerprint density at radius 2 is 2.16 bits per heavy atom. The SMILES string of the molecule is CC(=O)c1csc(NC(=O)C2Cc3ccccc32)n1. The van der Waals surface area contributed by atoms with Crippen molar-refractivity contribution in [2.45, 2.75) is 19.3 Å². The van der Waals surface area contributed by atoms with E-state index in [1.807, 2.05) is 24.3 Å². The minimum absolute atomic E-state index is 0.0526. The molecule has 0 fully saturated rings. The van der Waals surface area contributed by atoms with E-state index in [-0.39, 0.29) is 17.6 Å². The van der Waals surface area contributed by atoms with Crippen LogP contribution in [0.2, 0.25) is 0 Å². The van der Waals surface area contributed by atoms with E-state index >= 15 is 0 Å². The number of rotatable bonds is 3. The number of Topliss-reactive ketones (excluding diaryl/α,β-unsaturated/α-hetero) is 1. The molecule has 1 atom stereocenters. The lowest BCUT2D eigenvalue weighted by Gasteiger charge is -2.28. The zero-order valence-corrected chi connectivity index (χ0v) is 11.2. The number of amides is 1. The highest BCUT2D eigenvalue weighted by Gasteiger charge is 2.32. The van der Waals surface area contributed by atoms with Crippen LogP contribution in [0.3, 0.4) is 0 Å². The first-order valence-electron chi connectivity index (χ1n) is 6.00. The second kappa shape index (κ2) is 4.59. The standard InChI is InChI=1S/C14H12N2O2S/c1-8(17)12-7-19-14(15-12)16-13(18)11-6-9-4-2-3-5-10(9)11/h2-5,7,11H,6H2,1H3,(H,15,16,18). The van der Waals surface area contributed by atoms with Crippen molar-refractivity contribution in [1.29, 1.82) is 0 Å². The summed E-state index contributed by atoms with van der Waals surface area (Å²) in [4.78, 5) is 27.3. The van der Waals surface area contributed by atoms with Crippen molar-refractivity contribution in [3.8, 4) is 0 Å². The molecule has 0 saturated carbocycles. The number of hydrogen-bond donors (Lipinski definition) is 1. The highest BCUT2D eigenvalue weighted by Crippen LogP contribution is 2.35. The van der Waals surface area contributed by atoms with Gasteiger partial charge in [0, 0.05) is 12.3 Å². The van der Waals surface area contributed by atoms with Crippen LogP contribution in [0.15, 0.2) is 29.6 Å². The van der Waals surface area contributed by atoms with Crippen LogP contribution < -0.4 is 5.32 Å². The molecule has 1 heterocycles. The fourth-order valence-corrected chi connectivity index (χ4v) is 2.93. The van der Waals surface area contributed by atoms with E-state index in [4.69, 9.17) is 0 Å². The maximum atomic E-state index is 12.1. The molecule has 3 rings (SSSR count). The van der Waals surface area contributed by atoms with Crippen LogP contribution in [-0.4, -0.2) is 16.7 Å². The average molecular weight is 272 g/mol. The molecule has 2 aromatic rings. The Hall–Kier alpha value is -2.01. The summed E-state index contributed by atoms with van der Waals surface area (Å²) < 4.78 is 0. The van der Waals surface area contributed by atoms with Gasteiger partial charge in [-0.3, -0.25) is 9.59 Å². The molecule has 1 aliphatic rings. The lowest BCUT2D eigenvalue weighted by molar-refractivity contribution is -0.118. The molecule has 0 aliphatic heterocycles. The molecule has 0 radical (unpaired) electrons. The monoisotopic (exact) mass is 272 g/mol. The van der Waals surface area contributed by atoms with E-state index in [1.54, 1.807) is 5.38 Å². The summed E-state index contributed by atoms with van der Waals surface area (Å²) in [5.74, 6) is -0.241. The summed E-state index contributed by atoms with van der Waals surface area (Å²) in [5, 5.41) is 4.92. The molecular weight excluding hydrogens is 260 g/mol. The van der Waals surface area contributed by atoms with Crippen molar-refractivity contribution < 1.29 is 9.59 Å². The molecule has 1 aromatic carbocycles. The van der Waals surface area contributed by atoms with E-state index < -0.39 is 0 Å². The second-order valence-corrected chi connectivity index (χ2v) is 5.40. The summed E-state index contributed by atoms with van der Waals surface area (Å²) in [6.45, 7) is 1.46. The Morgan fingerprint density at radius 1 is 1.37 bits per heavy atom. The molecule has 1 amide bonds. The van der Waals surface area contributed by atoms with Gasteiger partial charge in [0.1, 0.15) is 5.69 Å². The van der Waals surface area contributed by atoms with Gasteiger partial charge in [-0.05, 0) is 17.5 Å². The third-order valence-corrected chi connectivity index (χ3v) is 4.02. The summed E-state index contributed by atoms with van der Waals surface area (Å²) in [5.41, 5.74) is 2.71. The number of aromatic nitrogens is 1. The highest BCUT2D eigenvalue weighted by molar-refractivity contribution is 7.14. The lowest BCUT2D eigenvalue weighted by atomic mass is 9.77. The molecule has 19 heavy (non-hydrogen) atoms. The molecular formula is C14H12N2O2S. The van der Waals surface area contributed by atoms with Crippen molar-refractivity contribution in [2.24, 2.45) is 0 Å². The summed E-state index contributed by atoms with van der Waals surface area (Å²) >= 11 is 1.28. The fourth-order valence-electron chi connectivity index (χ4n) is 2.18. The van der Waals surface area contributed by atoms with Crippen LogP contribution in [0, 0.1) is 0 Å². The van der Waals surface area contributed by atoms with Crippen LogP contribution in [0.5, 0.6) is 0 Å². The minimum atomic E-state index is -0.0964. The first kappa shape index (κ1) is 12.0. The van der Waals surface area contributed by atoms with Crippen LogP contribution in [-0.2, 0) is 11.2 Å². The zero-order valence-electron chi connectivity index (χ0n) is 10.3. The molecule has 1 unspecified atom stereocenters. The van der Waals surface area contributed by atoms with E-state index in [0.717, 1.165) is 12.0 Å². The largest absolute Gasteiger partial charge is 0.301 e. The zero-order chi connectivity index (χ0) is 13.4.